The molecule has 7 nitrogen and oxygen atoms in total. The minimum absolute atomic E-state index is 0.322. The number of carbonyl (C=O) groups is 2. The van der Waals surface area contributed by atoms with Gasteiger partial charge in [0.1, 0.15) is 17.4 Å². The van der Waals surface area contributed by atoms with Crippen LogP contribution in [-0.2, 0) is 14.4 Å². The lowest BCUT2D eigenvalue weighted by Crippen LogP contribution is -2.37. The first-order valence-electron chi connectivity index (χ1n) is 11.0. The Kier molecular flexibility index (Phi) is 6.02. The molecule has 3 atom stereocenters. The second-order valence-electron chi connectivity index (χ2n) is 7.96. The highest BCUT2D eigenvalue weighted by Gasteiger charge is 2.60. The van der Waals surface area contributed by atoms with Crippen LogP contribution >= 0.6 is 15.9 Å². The summed E-state index contributed by atoms with van der Waals surface area (Å²) in [5.74, 6) is -0.305. The molecular formula is C26H23BrN2O5. The summed E-state index contributed by atoms with van der Waals surface area (Å²) in [6, 6.07) is 21.6. The Morgan fingerprint density at radius 1 is 0.941 bits per heavy atom. The third-order valence-corrected chi connectivity index (χ3v) is 6.67. The predicted octanol–water partition coefficient (Wildman–Crippen LogP) is 4.91. The van der Waals surface area contributed by atoms with Crippen LogP contribution < -0.4 is 19.4 Å². The number of ether oxygens (including phenoxy) is 2. The van der Waals surface area contributed by atoms with Crippen molar-refractivity contribution in [2.45, 2.75) is 19.1 Å². The Balaban J connectivity index is 1.59. The van der Waals surface area contributed by atoms with E-state index >= 15 is 0 Å². The van der Waals surface area contributed by atoms with Crippen LogP contribution in [0.4, 0.5) is 11.4 Å². The fourth-order valence-electron chi connectivity index (χ4n) is 4.58. The lowest BCUT2D eigenvalue weighted by Gasteiger charge is -2.29. The number of anilines is 2. The minimum Gasteiger partial charge on any atom is -0.496 e. The number of fused-ring (bicyclic) bond motifs is 1. The van der Waals surface area contributed by atoms with Gasteiger partial charge >= 0.3 is 0 Å². The summed E-state index contributed by atoms with van der Waals surface area (Å²) in [4.78, 5) is 34.8. The van der Waals surface area contributed by atoms with Crippen LogP contribution in [0.25, 0.3) is 0 Å². The zero-order chi connectivity index (χ0) is 23.8. The number of rotatable bonds is 6. The van der Waals surface area contributed by atoms with Crippen molar-refractivity contribution in [2.75, 3.05) is 23.7 Å². The number of para-hydroxylation sites is 3. The molecule has 0 saturated carbocycles. The quantitative estimate of drug-likeness (QED) is 0.428. The predicted molar refractivity (Wildman–Crippen MR) is 131 cm³/mol. The monoisotopic (exact) mass is 522 g/mol. The number of amides is 2. The lowest BCUT2D eigenvalue weighted by atomic mass is 9.90. The SMILES string of the molecule is CCOc1ccccc1N1C(=O)[C@H]2[C@H](ON(c3ccccc3)[C@H]2c2ccc(OC)c(Br)c2)C1=O. The largest absolute Gasteiger partial charge is 0.496 e. The number of imide groups is 1. The molecule has 3 aromatic carbocycles. The van der Waals surface area contributed by atoms with Crippen molar-refractivity contribution in [1.82, 2.24) is 0 Å². The van der Waals surface area contributed by atoms with E-state index in [0.717, 1.165) is 15.7 Å². The summed E-state index contributed by atoms with van der Waals surface area (Å²) in [5.41, 5.74) is 2.01. The van der Waals surface area contributed by atoms with Crippen LogP contribution in [0.5, 0.6) is 11.5 Å². The van der Waals surface area contributed by atoms with E-state index in [0.29, 0.717) is 23.8 Å². The zero-order valence-corrected chi connectivity index (χ0v) is 20.3. The van der Waals surface area contributed by atoms with E-state index in [9.17, 15) is 9.59 Å². The fourth-order valence-corrected chi connectivity index (χ4v) is 5.13. The van der Waals surface area contributed by atoms with Crippen molar-refractivity contribution in [3.63, 3.8) is 0 Å². The fraction of sp³-hybridized carbons (Fsp3) is 0.231. The van der Waals surface area contributed by atoms with Crippen LogP contribution in [0.15, 0.2) is 77.3 Å². The molecule has 2 heterocycles. The first-order chi connectivity index (χ1) is 16.5. The van der Waals surface area contributed by atoms with Crippen molar-refractivity contribution in [3.8, 4) is 11.5 Å². The molecule has 2 amide bonds. The van der Waals surface area contributed by atoms with Gasteiger partial charge in [-0.2, -0.15) is 0 Å². The molecule has 174 valence electrons. The average molecular weight is 523 g/mol. The number of nitrogens with zero attached hydrogens (tertiary/aromatic N) is 2. The van der Waals surface area contributed by atoms with E-state index in [1.165, 1.54) is 4.90 Å². The van der Waals surface area contributed by atoms with E-state index < -0.39 is 24.0 Å². The molecule has 0 radical (unpaired) electrons. The van der Waals surface area contributed by atoms with Crippen LogP contribution in [0.1, 0.15) is 18.5 Å². The summed E-state index contributed by atoms with van der Waals surface area (Å²) in [6.07, 6.45) is -0.951. The van der Waals surface area contributed by atoms with Gasteiger partial charge in [0.2, 0.25) is 5.91 Å². The molecule has 8 heteroatoms. The van der Waals surface area contributed by atoms with E-state index in [2.05, 4.69) is 15.9 Å². The third kappa shape index (κ3) is 3.63. The maximum atomic E-state index is 13.8. The molecule has 2 aliphatic heterocycles. The van der Waals surface area contributed by atoms with Gasteiger partial charge in [-0.25, -0.2) is 9.96 Å². The van der Waals surface area contributed by atoms with Crippen molar-refractivity contribution in [3.05, 3.63) is 82.8 Å². The van der Waals surface area contributed by atoms with Gasteiger partial charge in [-0.1, -0.05) is 36.4 Å². The lowest BCUT2D eigenvalue weighted by molar-refractivity contribution is -0.126. The van der Waals surface area contributed by atoms with Gasteiger partial charge < -0.3 is 9.47 Å². The molecule has 2 aliphatic rings. The smallest absolute Gasteiger partial charge is 0.266 e. The highest BCUT2D eigenvalue weighted by molar-refractivity contribution is 9.10. The molecule has 34 heavy (non-hydrogen) atoms. The van der Waals surface area contributed by atoms with Crippen LogP contribution in [0.3, 0.4) is 0 Å². The molecule has 0 aromatic heterocycles. The Bertz CT molecular complexity index is 1230. The molecule has 0 aliphatic carbocycles. The topological polar surface area (TPSA) is 68.3 Å². The number of carbonyl (C=O) groups excluding carboxylic acids is 2. The first kappa shape index (κ1) is 22.4. The van der Waals surface area contributed by atoms with Crippen LogP contribution in [0.2, 0.25) is 0 Å². The minimum atomic E-state index is -0.951. The Morgan fingerprint density at radius 2 is 1.68 bits per heavy atom. The summed E-state index contributed by atoms with van der Waals surface area (Å²) >= 11 is 3.54. The first-order valence-corrected chi connectivity index (χ1v) is 11.8. The highest BCUT2D eigenvalue weighted by atomic mass is 79.9. The molecule has 0 N–H and O–H groups in total. The molecule has 0 unspecified atom stereocenters. The van der Waals surface area contributed by atoms with Crippen molar-refractivity contribution in [1.29, 1.82) is 0 Å². The number of benzene rings is 3. The second-order valence-corrected chi connectivity index (χ2v) is 8.82. The Hall–Kier alpha value is -3.36. The number of hydrogen-bond acceptors (Lipinski definition) is 6. The summed E-state index contributed by atoms with van der Waals surface area (Å²) in [5, 5.41) is 1.67. The number of hydroxylamine groups is 1. The van der Waals surface area contributed by atoms with Gasteiger partial charge in [0.05, 0.1) is 35.6 Å². The molecular weight excluding hydrogens is 500 g/mol. The van der Waals surface area contributed by atoms with Crippen molar-refractivity contribution >= 4 is 39.1 Å². The Labute approximate surface area is 205 Å². The van der Waals surface area contributed by atoms with E-state index in [1.807, 2.05) is 61.5 Å². The summed E-state index contributed by atoms with van der Waals surface area (Å²) in [7, 11) is 1.59. The van der Waals surface area contributed by atoms with Gasteiger partial charge in [0, 0.05) is 0 Å². The number of halogens is 1. The maximum absolute atomic E-state index is 13.8. The standard InChI is InChI=1S/C26H23BrN2O5/c1-3-33-21-12-8-7-11-19(21)28-25(30)22-23(16-13-14-20(32-2)18(27)15-16)29(34-24(22)26(28)31)17-9-5-4-6-10-17/h4-15,22-24H,3H2,1-2H3/t22-,23+,24+/m1/s1. The van der Waals surface area contributed by atoms with Gasteiger partial charge in [-0.05, 0) is 64.8 Å². The van der Waals surface area contributed by atoms with E-state index in [-0.39, 0.29) is 5.91 Å². The van der Waals surface area contributed by atoms with Gasteiger partial charge in [-0.15, -0.1) is 0 Å². The number of hydrogen-bond donors (Lipinski definition) is 0. The summed E-state index contributed by atoms with van der Waals surface area (Å²) < 4.78 is 11.8. The normalized spacial score (nSPS) is 21.7. The number of methoxy groups -OCH3 is 1. The van der Waals surface area contributed by atoms with E-state index in [1.54, 1.807) is 30.4 Å². The molecule has 3 aromatic rings. The zero-order valence-electron chi connectivity index (χ0n) is 18.7. The van der Waals surface area contributed by atoms with Crippen molar-refractivity contribution in [2.24, 2.45) is 5.92 Å². The second kappa shape index (κ2) is 9.12. The van der Waals surface area contributed by atoms with Gasteiger partial charge in [0.15, 0.2) is 6.10 Å². The molecule has 2 saturated heterocycles. The van der Waals surface area contributed by atoms with Crippen LogP contribution in [-0.4, -0.2) is 31.6 Å². The molecule has 0 spiro atoms. The maximum Gasteiger partial charge on any atom is 0.266 e. The average Bonchev–Trinajstić information content (AvgIpc) is 3.36. The highest BCUT2D eigenvalue weighted by Crippen LogP contribution is 2.49. The van der Waals surface area contributed by atoms with Crippen LogP contribution in [0, 0.1) is 5.92 Å². The van der Waals surface area contributed by atoms with Gasteiger partial charge in [0.25, 0.3) is 5.91 Å². The summed E-state index contributed by atoms with van der Waals surface area (Å²) in [6.45, 7) is 2.28. The third-order valence-electron chi connectivity index (χ3n) is 6.05. The van der Waals surface area contributed by atoms with E-state index in [4.69, 9.17) is 14.3 Å². The Morgan fingerprint density at radius 3 is 2.38 bits per heavy atom. The molecule has 5 rings (SSSR count). The van der Waals surface area contributed by atoms with Crippen molar-refractivity contribution < 1.29 is 23.9 Å². The van der Waals surface area contributed by atoms with Gasteiger partial charge in [-0.3, -0.25) is 14.4 Å². The molecule has 0 bridgehead atoms. The molecule has 2 fully saturated rings.